The first-order valence-electron chi connectivity index (χ1n) is 5.77. The molecule has 2 N–H and O–H groups in total. The first-order valence-corrected chi connectivity index (χ1v) is 5.77. The van der Waals surface area contributed by atoms with Gasteiger partial charge in [0, 0.05) is 6.04 Å². The van der Waals surface area contributed by atoms with Gasteiger partial charge in [0.15, 0.2) is 0 Å². The van der Waals surface area contributed by atoms with E-state index in [-0.39, 0.29) is 0 Å². The van der Waals surface area contributed by atoms with Gasteiger partial charge in [-0.15, -0.1) is 0 Å². The van der Waals surface area contributed by atoms with Crippen molar-refractivity contribution in [2.75, 3.05) is 6.54 Å². The lowest BCUT2D eigenvalue weighted by Gasteiger charge is -2.23. The molecule has 0 aliphatic carbocycles. The first-order chi connectivity index (χ1) is 7.25. The maximum atomic E-state index is 9.61. The van der Waals surface area contributed by atoms with E-state index in [2.05, 4.69) is 11.4 Å². The van der Waals surface area contributed by atoms with Crippen molar-refractivity contribution in [2.45, 2.75) is 38.6 Å². The fourth-order valence-corrected chi connectivity index (χ4v) is 2.16. The van der Waals surface area contributed by atoms with E-state index in [0.29, 0.717) is 11.8 Å². The fourth-order valence-electron chi connectivity index (χ4n) is 2.16. The SMILES string of the molecule is Cc1ccc(CC2CCCCN2)cc1O. The van der Waals surface area contributed by atoms with E-state index in [1.54, 1.807) is 0 Å². The second kappa shape index (κ2) is 4.67. The number of phenolic OH excluding ortho intramolecular Hbond substituents is 1. The summed E-state index contributed by atoms with van der Waals surface area (Å²) in [5.74, 6) is 0.420. The van der Waals surface area contributed by atoms with Crippen LogP contribution in [0.3, 0.4) is 0 Å². The molecule has 1 aromatic rings. The molecular formula is C13H19NO. The summed E-state index contributed by atoms with van der Waals surface area (Å²) in [6, 6.07) is 6.60. The number of hydrogen-bond donors (Lipinski definition) is 2. The Morgan fingerprint density at radius 3 is 2.93 bits per heavy atom. The number of aromatic hydroxyl groups is 1. The highest BCUT2D eigenvalue weighted by atomic mass is 16.3. The van der Waals surface area contributed by atoms with Gasteiger partial charge in [-0.25, -0.2) is 0 Å². The van der Waals surface area contributed by atoms with Gasteiger partial charge in [0.1, 0.15) is 5.75 Å². The fraction of sp³-hybridized carbons (Fsp3) is 0.538. The minimum absolute atomic E-state index is 0.420. The lowest BCUT2D eigenvalue weighted by atomic mass is 9.97. The van der Waals surface area contributed by atoms with Crippen LogP contribution in [0.2, 0.25) is 0 Å². The standard InChI is InChI=1S/C13H19NO/c1-10-5-6-11(9-13(10)15)8-12-4-2-3-7-14-12/h5-6,9,12,14-15H,2-4,7-8H2,1H3. The Bertz CT molecular complexity index is 329. The molecule has 1 fully saturated rings. The third-order valence-electron chi connectivity index (χ3n) is 3.17. The Morgan fingerprint density at radius 1 is 1.40 bits per heavy atom. The van der Waals surface area contributed by atoms with Crippen molar-refractivity contribution in [1.29, 1.82) is 0 Å². The zero-order chi connectivity index (χ0) is 10.7. The van der Waals surface area contributed by atoms with Crippen LogP contribution in [0.15, 0.2) is 18.2 Å². The molecule has 2 heteroatoms. The third kappa shape index (κ3) is 2.72. The molecule has 1 aromatic carbocycles. The summed E-state index contributed by atoms with van der Waals surface area (Å²) in [5.41, 5.74) is 2.19. The van der Waals surface area contributed by atoms with Crippen LogP contribution in [0.4, 0.5) is 0 Å². The van der Waals surface area contributed by atoms with Crippen molar-refractivity contribution in [3.8, 4) is 5.75 Å². The molecule has 0 amide bonds. The van der Waals surface area contributed by atoms with Crippen molar-refractivity contribution < 1.29 is 5.11 Å². The van der Waals surface area contributed by atoms with Crippen LogP contribution in [0.5, 0.6) is 5.75 Å². The normalized spacial score (nSPS) is 21.5. The van der Waals surface area contributed by atoms with Gasteiger partial charge in [0.25, 0.3) is 0 Å². The lowest BCUT2D eigenvalue weighted by Crippen LogP contribution is -2.35. The molecule has 1 saturated heterocycles. The molecule has 0 radical (unpaired) electrons. The highest BCUT2D eigenvalue weighted by molar-refractivity contribution is 5.35. The summed E-state index contributed by atoms with van der Waals surface area (Å²) in [5, 5.41) is 13.1. The number of piperidine rings is 1. The van der Waals surface area contributed by atoms with E-state index in [1.165, 1.54) is 24.8 Å². The highest BCUT2D eigenvalue weighted by Crippen LogP contribution is 2.20. The van der Waals surface area contributed by atoms with Gasteiger partial charge >= 0.3 is 0 Å². The maximum Gasteiger partial charge on any atom is 0.118 e. The van der Waals surface area contributed by atoms with Crippen LogP contribution in [0.25, 0.3) is 0 Å². The van der Waals surface area contributed by atoms with Gasteiger partial charge in [0.05, 0.1) is 0 Å². The van der Waals surface area contributed by atoms with Crippen molar-refractivity contribution in [3.63, 3.8) is 0 Å². The van der Waals surface area contributed by atoms with Crippen LogP contribution < -0.4 is 5.32 Å². The van der Waals surface area contributed by atoms with Gasteiger partial charge in [-0.1, -0.05) is 18.6 Å². The van der Waals surface area contributed by atoms with Crippen molar-refractivity contribution in [2.24, 2.45) is 0 Å². The number of benzene rings is 1. The Hall–Kier alpha value is -1.02. The second-order valence-corrected chi connectivity index (χ2v) is 4.47. The number of phenols is 1. The average molecular weight is 205 g/mol. The van der Waals surface area contributed by atoms with Crippen LogP contribution in [0.1, 0.15) is 30.4 Å². The average Bonchev–Trinajstić information content (AvgIpc) is 2.25. The Morgan fingerprint density at radius 2 is 2.27 bits per heavy atom. The van der Waals surface area contributed by atoms with Crippen LogP contribution in [0, 0.1) is 6.92 Å². The number of hydrogen-bond acceptors (Lipinski definition) is 2. The van der Waals surface area contributed by atoms with E-state index in [9.17, 15) is 5.11 Å². The summed E-state index contributed by atoms with van der Waals surface area (Å²) >= 11 is 0. The Labute approximate surface area is 91.3 Å². The number of nitrogens with one attached hydrogen (secondary N) is 1. The molecular weight excluding hydrogens is 186 g/mol. The zero-order valence-corrected chi connectivity index (χ0v) is 9.29. The van der Waals surface area contributed by atoms with Gasteiger partial charge in [-0.3, -0.25) is 0 Å². The van der Waals surface area contributed by atoms with Crippen LogP contribution >= 0.6 is 0 Å². The van der Waals surface area contributed by atoms with E-state index >= 15 is 0 Å². The predicted molar refractivity (Wildman–Crippen MR) is 62.2 cm³/mol. The van der Waals surface area contributed by atoms with E-state index < -0.39 is 0 Å². The Balaban J connectivity index is 2.00. The molecule has 1 aliphatic rings. The molecule has 1 unspecified atom stereocenters. The van der Waals surface area contributed by atoms with Gasteiger partial charge in [-0.05, 0) is 49.9 Å². The quantitative estimate of drug-likeness (QED) is 0.777. The monoisotopic (exact) mass is 205 g/mol. The highest BCUT2D eigenvalue weighted by Gasteiger charge is 2.13. The summed E-state index contributed by atoms with van der Waals surface area (Å²) in [7, 11) is 0. The lowest BCUT2D eigenvalue weighted by molar-refractivity contribution is 0.398. The summed E-state index contributed by atoms with van der Waals surface area (Å²) in [4.78, 5) is 0. The largest absolute Gasteiger partial charge is 0.508 e. The molecule has 0 bridgehead atoms. The van der Waals surface area contributed by atoms with Crippen LogP contribution in [-0.4, -0.2) is 17.7 Å². The van der Waals surface area contributed by atoms with Gasteiger partial charge in [0.2, 0.25) is 0 Å². The third-order valence-corrected chi connectivity index (χ3v) is 3.17. The van der Waals surface area contributed by atoms with E-state index in [4.69, 9.17) is 0 Å². The molecule has 0 spiro atoms. The minimum atomic E-state index is 0.420. The van der Waals surface area contributed by atoms with Crippen molar-refractivity contribution >= 4 is 0 Å². The number of aryl methyl sites for hydroxylation is 1. The van der Waals surface area contributed by atoms with Crippen molar-refractivity contribution in [1.82, 2.24) is 5.32 Å². The summed E-state index contributed by atoms with van der Waals surface area (Å²) in [6.07, 6.45) is 4.92. The van der Waals surface area contributed by atoms with Crippen molar-refractivity contribution in [3.05, 3.63) is 29.3 Å². The number of rotatable bonds is 2. The van der Waals surface area contributed by atoms with Crippen LogP contribution in [-0.2, 0) is 6.42 Å². The maximum absolute atomic E-state index is 9.61. The molecule has 82 valence electrons. The van der Waals surface area contributed by atoms with Gasteiger partial charge in [-0.2, -0.15) is 0 Å². The van der Waals surface area contributed by atoms with E-state index in [0.717, 1.165) is 18.5 Å². The Kier molecular flexibility index (Phi) is 3.27. The molecule has 2 nitrogen and oxygen atoms in total. The summed E-state index contributed by atoms with van der Waals surface area (Å²) in [6.45, 7) is 3.07. The van der Waals surface area contributed by atoms with E-state index in [1.807, 2.05) is 19.1 Å². The summed E-state index contributed by atoms with van der Waals surface area (Å²) < 4.78 is 0. The topological polar surface area (TPSA) is 32.3 Å². The van der Waals surface area contributed by atoms with Gasteiger partial charge < -0.3 is 10.4 Å². The first kappa shape index (κ1) is 10.5. The molecule has 0 aromatic heterocycles. The molecule has 15 heavy (non-hydrogen) atoms. The molecule has 1 aliphatic heterocycles. The smallest absolute Gasteiger partial charge is 0.118 e. The molecule has 2 rings (SSSR count). The second-order valence-electron chi connectivity index (χ2n) is 4.47. The minimum Gasteiger partial charge on any atom is -0.508 e. The predicted octanol–water partition coefficient (Wildman–Crippen LogP) is 2.39. The molecule has 1 heterocycles. The molecule has 0 saturated carbocycles. The molecule has 1 atom stereocenters. The zero-order valence-electron chi connectivity index (χ0n) is 9.29.